The molecule has 9 heteroatoms. The van der Waals surface area contributed by atoms with Crippen molar-refractivity contribution in [1.82, 2.24) is 0 Å². The second-order valence-electron chi connectivity index (χ2n) is 6.68. The van der Waals surface area contributed by atoms with Crippen molar-refractivity contribution < 1.29 is 17.6 Å². The molecule has 0 atom stereocenters. The van der Waals surface area contributed by atoms with Gasteiger partial charge in [0.05, 0.1) is 10.6 Å². The standard InChI is InChI=1S/C22H20BrFN2O3S2/c1-15-12-17(6-11-21(15)23)25-22(27)14-26(18-5-3-4-16(24)13-18)31(28,29)20-9-7-19(30-2)8-10-20/h3-13H,14H2,1-2H3,(H,25,27). The number of thioether (sulfide) groups is 1. The number of benzene rings is 3. The molecule has 5 nitrogen and oxygen atoms in total. The quantitative estimate of drug-likeness (QED) is 0.418. The summed E-state index contributed by atoms with van der Waals surface area (Å²) < 4.78 is 42.3. The maximum atomic E-state index is 13.9. The Morgan fingerprint density at radius 2 is 1.81 bits per heavy atom. The number of hydrogen-bond donors (Lipinski definition) is 1. The van der Waals surface area contributed by atoms with Crippen LogP contribution in [0.5, 0.6) is 0 Å². The zero-order valence-corrected chi connectivity index (χ0v) is 20.0. The number of nitrogens with zero attached hydrogens (tertiary/aromatic N) is 1. The average Bonchev–Trinajstić information content (AvgIpc) is 2.74. The summed E-state index contributed by atoms with van der Waals surface area (Å²) in [5, 5.41) is 2.70. The van der Waals surface area contributed by atoms with Crippen LogP contribution in [0.4, 0.5) is 15.8 Å². The van der Waals surface area contributed by atoms with Crippen molar-refractivity contribution in [2.75, 3.05) is 22.4 Å². The lowest BCUT2D eigenvalue weighted by Crippen LogP contribution is -2.38. The summed E-state index contributed by atoms with van der Waals surface area (Å²) in [6.07, 6.45) is 1.89. The number of sulfonamides is 1. The summed E-state index contributed by atoms with van der Waals surface area (Å²) in [4.78, 5) is 13.6. The maximum Gasteiger partial charge on any atom is 0.264 e. The summed E-state index contributed by atoms with van der Waals surface area (Å²) in [5.41, 5.74) is 1.52. The largest absolute Gasteiger partial charge is 0.325 e. The zero-order valence-electron chi connectivity index (χ0n) is 16.8. The molecular formula is C22H20BrFN2O3S2. The van der Waals surface area contributed by atoms with Gasteiger partial charge in [0.25, 0.3) is 10.0 Å². The predicted octanol–water partition coefficient (Wildman–Crippen LogP) is 5.45. The third-order valence-electron chi connectivity index (χ3n) is 4.47. The van der Waals surface area contributed by atoms with E-state index in [9.17, 15) is 17.6 Å². The van der Waals surface area contributed by atoms with Gasteiger partial charge in [-0.05, 0) is 79.4 Å². The number of carbonyl (C=O) groups is 1. The van der Waals surface area contributed by atoms with Gasteiger partial charge in [-0.25, -0.2) is 12.8 Å². The molecule has 0 aliphatic heterocycles. The van der Waals surface area contributed by atoms with Gasteiger partial charge >= 0.3 is 0 Å². The number of nitrogens with one attached hydrogen (secondary N) is 1. The molecule has 3 aromatic carbocycles. The lowest BCUT2D eigenvalue weighted by molar-refractivity contribution is -0.114. The molecule has 1 N–H and O–H groups in total. The number of hydrogen-bond acceptors (Lipinski definition) is 4. The molecule has 0 saturated heterocycles. The molecule has 0 radical (unpaired) electrons. The van der Waals surface area contributed by atoms with Crippen molar-refractivity contribution in [2.24, 2.45) is 0 Å². The average molecular weight is 523 g/mol. The van der Waals surface area contributed by atoms with E-state index < -0.39 is 28.3 Å². The minimum atomic E-state index is -4.11. The fraction of sp³-hybridized carbons (Fsp3) is 0.136. The predicted molar refractivity (Wildman–Crippen MR) is 127 cm³/mol. The van der Waals surface area contributed by atoms with Crippen LogP contribution in [0.1, 0.15) is 5.56 Å². The Kier molecular flexibility index (Phi) is 7.40. The van der Waals surface area contributed by atoms with Gasteiger partial charge in [0.1, 0.15) is 12.4 Å². The number of halogens is 2. The molecule has 0 bridgehead atoms. The van der Waals surface area contributed by atoms with Gasteiger partial charge in [-0.2, -0.15) is 0 Å². The first-order valence-corrected chi connectivity index (χ1v) is 12.6. The van der Waals surface area contributed by atoms with Crippen molar-refractivity contribution in [3.63, 3.8) is 0 Å². The summed E-state index contributed by atoms with van der Waals surface area (Å²) in [5.74, 6) is -1.14. The molecule has 0 fully saturated rings. The number of amides is 1. The van der Waals surface area contributed by atoms with Crippen LogP contribution in [0.25, 0.3) is 0 Å². The molecule has 3 aromatic rings. The zero-order chi connectivity index (χ0) is 22.6. The molecule has 0 spiro atoms. The van der Waals surface area contributed by atoms with Crippen LogP contribution < -0.4 is 9.62 Å². The molecule has 31 heavy (non-hydrogen) atoms. The van der Waals surface area contributed by atoms with Crippen LogP contribution in [-0.2, 0) is 14.8 Å². The van der Waals surface area contributed by atoms with Gasteiger partial charge < -0.3 is 5.32 Å². The van der Waals surface area contributed by atoms with Crippen LogP contribution in [0, 0.1) is 12.7 Å². The van der Waals surface area contributed by atoms with Crippen LogP contribution in [0.2, 0.25) is 0 Å². The Morgan fingerprint density at radius 3 is 2.42 bits per heavy atom. The van der Waals surface area contributed by atoms with Gasteiger partial charge in [-0.3, -0.25) is 9.10 Å². The smallest absolute Gasteiger partial charge is 0.264 e. The van der Waals surface area contributed by atoms with Crippen LogP contribution >= 0.6 is 27.7 Å². The van der Waals surface area contributed by atoms with Crippen LogP contribution in [-0.4, -0.2) is 27.1 Å². The Bertz CT molecular complexity index is 1200. The van der Waals surface area contributed by atoms with E-state index in [-0.39, 0.29) is 10.6 Å². The second kappa shape index (κ2) is 9.84. The highest BCUT2D eigenvalue weighted by molar-refractivity contribution is 9.10. The summed E-state index contributed by atoms with van der Waals surface area (Å²) in [7, 11) is -4.11. The Hall–Kier alpha value is -2.36. The van der Waals surface area contributed by atoms with E-state index in [0.717, 1.165) is 25.3 Å². The Morgan fingerprint density at radius 1 is 1.10 bits per heavy atom. The van der Waals surface area contributed by atoms with Gasteiger partial charge in [0.2, 0.25) is 5.91 Å². The molecule has 3 rings (SSSR count). The first kappa shape index (κ1) is 23.3. The molecule has 0 aromatic heterocycles. The van der Waals surface area contributed by atoms with E-state index >= 15 is 0 Å². The molecule has 0 unspecified atom stereocenters. The van der Waals surface area contributed by atoms with Crippen molar-refractivity contribution >= 4 is 55.0 Å². The molecule has 162 valence electrons. The molecule has 0 saturated carbocycles. The number of aryl methyl sites for hydroxylation is 1. The van der Waals surface area contributed by atoms with Crippen LogP contribution in [0.15, 0.2) is 81.0 Å². The van der Waals surface area contributed by atoms with E-state index in [4.69, 9.17) is 0 Å². The number of rotatable bonds is 7. The molecule has 0 aliphatic carbocycles. The highest BCUT2D eigenvalue weighted by Gasteiger charge is 2.27. The normalized spacial score (nSPS) is 11.2. The Labute approximate surface area is 193 Å². The SMILES string of the molecule is CSc1ccc(S(=O)(=O)N(CC(=O)Nc2ccc(Br)c(C)c2)c2cccc(F)c2)cc1. The number of carbonyl (C=O) groups excluding carboxylic acids is 1. The second-order valence-corrected chi connectivity index (χ2v) is 10.3. The highest BCUT2D eigenvalue weighted by Crippen LogP contribution is 2.26. The fourth-order valence-electron chi connectivity index (χ4n) is 2.87. The van der Waals surface area contributed by atoms with Crippen molar-refractivity contribution in [1.29, 1.82) is 0 Å². The third-order valence-corrected chi connectivity index (χ3v) is 7.89. The van der Waals surface area contributed by atoms with E-state index in [1.807, 2.05) is 13.2 Å². The monoisotopic (exact) mass is 522 g/mol. The van der Waals surface area contributed by atoms with E-state index in [1.165, 1.54) is 42.1 Å². The first-order chi connectivity index (χ1) is 14.7. The molecule has 1 amide bonds. The summed E-state index contributed by atoms with van der Waals surface area (Å²) in [6, 6.07) is 16.7. The lowest BCUT2D eigenvalue weighted by atomic mass is 10.2. The van der Waals surface area contributed by atoms with E-state index in [1.54, 1.807) is 30.3 Å². The van der Waals surface area contributed by atoms with Gasteiger partial charge in [-0.1, -0.05) is 22.0 Å². The van der Waals surface area contributed by atoms with Crippen LogP contribution in [0.3, 0.4) is 0 Å². The van der Waals surface area contributed by atoms with Gasteiger partial charge in [0.15, 0.2) is 0 Å². The first-order valence-electron chi connectivity index (χ1n) is 9.19. The minimum Gasteiger partial charge on any atom is -0.325 e. The van der Waals surface area contributed by atoms with Crippen molar-refractivity contribution in [3.05, 3.63) is 82.6 Å². The lowest BCUT2D eigenvalue weighted by Gasteiger charge is -2.24. The third kappa shape index (κ3) is 5.66. The summed E-state index contributed by atoms with van der Waals surface area (Å²) >= 11 is 4.88. The topological polar surface area (TPSA) is 66.5 Å². The van der Waals surface area contributed by atoms with Gasteiger partial charge in [-0.15, -0.1) is 11.8 Å². The summed E-state index contributed by atoms with van der Waals surface area (Å²) in [6.45, 7) is 1.37. The van der Waals surface area contributed by atoms with Crippen molar-refractivity contribution in [3.8, 4) is 0 Å². The van der Waals surface area contributed by atoms with E-state index in [0.29, 0.717) is 5.69 Å². The molecule has 0 heterocycles. The minimum absolute atomic E-state index is 0.0156. The Balaban J connectivity index is 1.94. The molecular weight excluding hydrogens is 503 g/mol. The fourth-order valence-corrected chi connectivity index (χ4v) is 4.94. The van der Waals surface area contributed by atoms with E-state index in [2.05, 4.69) is 21.2 Å². The highest BCUT2D eigenvalue weighted by atomic mass is 79.9. The molecule has 0 aliphatic rings. The van der Waals surface area contributed by atoms with Crippen molar-refractivity contribution in [2.45, 2.75) is 16.7 Å². The number of anilines is 2. The maximum absolute atomic E-state index is 13.9. The van der Waals surface area contributed by atoms with Gasteiger partial charge in [0, 0.05) is 15.1 Å².